The normalized spacial score (nSPS) is 12.1. The molecule has 0 radical (unpaired) electrons. The summed E-state index contributed by atoms with van der Waals surface area (Å²) in [5, 5.41) is 17.9. The highest BCUT2D eigenvalue weighted by Crippen LogP contribution is 2.28. The minimum atomic E-state index is -1.38. The number of halogens is 2. The molecule has 1 unspecified atom stereocenters. The van der Waals surface area contributed by atoms with Crippen LogP contribution in [0.3, 0.4) is 0 Å². The van der Waals surface area contributed by atoms with Crippen molar-refractivity contribution in [2.24, 2.45) is 0 Å². The van der Waals surface area contributed by atoms with E-state index in [1.807, 2.05) is 0 Å². The van der Waals surface area contributed by atoms with Crippen LogP contribution in [-0.2, 0) is 4.79 Å². The van der Waals surface area contributed by atoms with Gasteiger partial charge >= 0.3 is 0 Å². The summed E-state index contributed by atoms with van der Waals surface area (Å²) in [6, 6.07) is 11.3. The van der Waals surface area contributed by atoms with E-state index in [1.165, 1.54) is 17.1 Å². The van der Waals surface area contributed by atoms with Gasteiger partial charge in [-0.25, -0.2) is 14.6 Å². The second kappa shape index (κ2) is 7.67. The number of aliphatic hydroxyl groups excluding tert-OH is 1. The average Bonchev–Trinajstić information content (AvgIpc) is 3.13. The van der Waals surface area contributed by atoms with Crippen molar-refractivity contribution in [3.05, 3.63) is 70.6 Å². The summed E-state index contributed by atoms with van der Waals surface area (Å²) in [5.74, 6) is -0.344. The summed E-state index contributed by atoms with van der Waals surface area (Å²) in [5.41, 5.74) is 8.38. The number of benzene rings is 2. The molecule has 29 heavy (non-hydrogen) atoms. The van der Waals surface area contributed by atoms with E-state index < -0.39 is 12.0 Å². The van der Waals surface area contributed by atoms with E-state index in [0.717, 1.165) is 0 Å². The molecule has 146 valence electrons. The van der Waals surface area contributed by atoms with E-state index in [4.69, 9.17) is 28.9 Å². The van der Waals surface area contributed by atoms with E-state index >= 15 is 0 Å². The largest absolute Gasteiger partial charge is 0.382 e. The molecule has 0 aliphatic rings. The van der Waals surface area contributed by atoms with Gasteiger partial charge in [-0.05, 0) is 35.9 Å². The predicted octanol–water partition coefficient (Wildman–Crippen LogP) is 3.38. The van der Waals surface area contributed by atoms with Crippen LogP contribution in [0.25, 0.3) is 16.7 Å². The van der Waals surface area contributed by atoms with Crippen LogP contribution in [0.2, 0.25) is 10.0 Å². The minimum absolute atomic E-state index is 0.269. The molecule has 4 N–H and O–H groups in total. The van der Waals surface area contributed by atoms with Gasteiger partial charge in [0.25, 0.3) is 5.91 Å². The van der Waals surface area contributed by atoms with Gasteiger partial charge in [0, 0.05) is 10.7 Å². The Kier molecular flexibility index (Phi) is 5.06. The van der Waals surface area contributed by atoms with E-state index in [2.05, 4.69) is 20.4 Å². The zero-order valence-corrected chi connectivity index (χ0v) is 16.3. The molecule has 0 fully saturated rings. The van der Waals surface area contributed by atoms with Crippen molar-refractivity contribution in [2.75, 3.05) is 11.1 Å². The molecule has 0 bridgehead atoms. The highest BCUT2D eigenvalue weighted by atomic mass is 35.5. The smallest absolute Gasteiger partial charge is 0.257 e. The molecule has 8 nitrogen and oxygen atoms in total. The number of aliphatic hydroxyl groups is 1. The summed E-state index contributed by atoms with van der Waals surface area (Å²) in [7, 11) is 0. The summed E-state index contributed by atoms with van der Waals surface area (Å²) >= 11 is 12.3. The van der Waals surface area contributed by atoms with Gasteiger partial charge in [0.1, 0.15) is 17.4 Å². The number of hydrogen-bond donors (Lipinski definition) is 3. The molecule has 0 aliphatic carbocycles. The van der Waals surface area contributed by atoms with E-state index in [0.29, 0.717) is 38.0 Å². The molecule has 0 spiro atoms. The first-order valence-electron chi connectivity index (χ1n) is 8.42. The molecule has 0 saturated carbocycles. The van der Waals surface area contributed by atoms with Crippen molar-refractivity contribution >= 4 is 51.6 Å². The first-order valence-corrected chi connectivity index (χ1v) is 9.18. The van der Waals surface area contributed by atoms with Gasteiger partial charge in [-0.1, -0.05) is 35.3 Å². The first-order chi connectivity index (χ1) is 13.9. The van der Waals surface area contributed by atoms with Gasteiger partial charge in [-0.15, -0.1) is 0 Å². The first kappa shape index (κ1) is 19.1. The second-order valence-corrected chi connectivity index (χ2v) is 7.01. The number of anilines is 2. The number of nitrogens with one attached hydrogen (secondary N) is 1. The lowest BCUT2D eigenvalue weighted by atomic mass is 10.1. The molecule has 4 aromatic rings. The van der Waals surface area contributed by atoms with Crippen molar-refractivity contribution in [1.82, 2.24) is 19.7 Å². The third-order valence-corrected chi connectivity index (χ3v) is 4.78. The summed E-state index contributed by atoms with van der Waals surface area (Å²) in [6.45, 7) is 0. The Morgan fingerprint density at radius 3 is 2.76 bits per heavy atom. The van der Waals surface area contributed by atoms with Crippen molar-refractivity contribution < 1.29 is 9.90 Å². The summed E-state index contributed by atoms with van der Waals surface area (Å²) in [4.78, 5) is 20.5. The van der Waals surface area contributed by atoms with Crippen molar-refractivity contribution in [1.29, 1.82) is 0 Å². The van der Waals surface area contributed by atoms with Crippen LogP contribution in [-0.4, -0.2) is 30.8 Å². The SMILES string of the molecule is Nc1ncnc2cnn(-c3ccc(NC(=O)C(O)c4cccc(Cl)c4)cc3Cl)c12. The van der Waals surface area contributed by atoms with Gasteiger partial charge < -0.3 is 16.2 Å². The number of hydrogen-bond acceptors (Lipinski definition) is 6. The topological polar surface area (TPSA) is 119 Å². The number of nitrogens with zero attached hydrogens (tertiary/aromatic N) is 4. The van der Waals surface area contributed by atoms with E-state index in [9.17, 15) is 9.90 Å². The Morgan fingerprint density at radius 2 is 2.00 bits per heavy atom. The molecule has 1 atom stereocenters. The third-order valence-electron chi connectivity index (χ3n) is 4.24. The van der Waals surface area contributed by atoms with Crippen LogP contribution >= 0.6 is 23.2 Å². The lowest BCUT2D eigenvalue weighted by Gasteiger charge is -2.13. The fourth-order valence-corrected chi connectivity index (χ4v) is 3.33. The highest BCUT2D eigenvalue weighted by Gasteiger charge is 2.19. The Morgan fingerprint density at radius 1 is 1.17 bits per heavy atom. The summed E-state index contributed by atoms with van der Waals surface area (Å²) < 4.78 is 1.53. The van der Waals surface area contributed by atoms with Gasteiger partial charge in [-0.3, -0.25) is 4.79 Å². The van der Waals surface area contributed by atoms with Crippen molar-refractivity contribution in [3.8, 4) is 5.69 Å². The number of amides is 1. The molecule has 10 heteroatoms. The fourth-order valence-electron chi connectivity index (χ4n) is 2.87. The zero-order valence-electron chi connectivity index (χ0n) is 14.8. The minimum Gasteiger partial charge on any atom is -0.382 e. The van der Waals surface area contributed by atoms with Gasteiger partial charge in [0.15, 0.2) is 11.9 Å². The Balaban J connectivity index is 1.60. The molecular weight excluding hydrogens is 415 g/mol. The molecule has 2 heterocycles. The maximum atomic E-state index is 12.4. The number of rotatable bonds is 4. The third kappa shape index (κ3) is 3.73. The van der Waals surface area contributed by atoms with Gasteiger partial charge in [0.2, 0.25) is 0 Å². The average molecular weight is 429 g/mol. The fraction of sp³-hybridized carbons (Fsp3) is 0.0526. The number of fused-ring (bicyclic) bond motifs is 1. The Bertz CT molecular complexity index is 1230. The van der Waals surface area contributed by atoms with Crippen molar-refractivity contribution in [2.45, 2.75) is 6.10 Å². The molecule has 2 aromatic carbocycles. The Hall–Kier alpha value is -3.20. The van der Waals surface area contributed by atoms with Crippen LogP contribution in [0.5, 0.6) is 0 Å². The van der Waals surface area contributed by atoms with E-state index in [1.54, 1.807) is 42.6 Å². The maximum Gasteiger partial charge on any atom is 0.257 e. The summed E-state index contributed by atoms with van der Waals surface area (Å²) in [6.07, 6.45) is 1.54. The van der Waals surface area contributed by atoms with Gasteiger partial charge in [0.05, 0.1) is 16.9 Å². The molecule has 0 saturated heterocycles. The molecule has 2 aromatic heterocycles. The predicted molar refractivity (Wildman–Crippen MR) is 111 cm³/mol. The number of aromatic nitrogens is 4. The number of carbonyl (C=O) groups excluding carboxylic acids is 1. The van der Waals surface area contributed by atoms with Crippen molar-refractivity contribution in [3.63, 3.8) is 0 Å². The number of carbonyl (C=O) groups is 1. The lowest BCUT2D eigenvalue weighted by Crippen LogP contribution is -2.20. The Labute approximate surface area is 174 Å². The highest BCUT2D eigenvalue weighted by molar-refractivity contribution is 6.33. The standard InChI is InChI=1S/C19H14Cl2N6O2/c20-11-3-1-2-10(6-11)17(28)19(29)26-12-4-5-15(13(21)7-12)27-16-14(8-25-27)23-9-24-18(16)22/h1-9,17,28H,(H,26,29)(H2,22,23,24). The molecular formula is C19H14Cl2N6O2. The maximum absolute atomic E-state index is 12.4. The van der Waals surface area contributed by atoms with Crippen LogP contribution < -0.4 is 11.1 Å². The van der Waals surface area contributed by atoms with Gasteiger partial charge in [-0.2, -0.15) is 5.10 Å². The monoisotopic (exact) mass is 428 g/mol. The second-order valence-electron chi connectivity index (χ2n) is 6.16. The number of nitrogens with two attached hydrogens (primary N) is 1. The molecule has 0 aliphatic heterocycles. The van der Waals surface area contributed by atoms with Crippen LogP contribution in [0, 0.1) is 0 Å². The molecule has 1 amide bonds. The van der Waals surface area contributed by atoms with Crippen LogP contribution in [0.4, 0.5) is 11.5 Å². The quantitative estimate of drug-likeness (QED) is 0.458. The van der Waals surface area contributed by atoms with E-state index in [-0.39, 0.29) is 5.82 Å². The molecule has 4 rings (SSSR count). The number of nitrogen functional groups attached to an aromatic ring is 1. The lowest BCUT2D eigenvalue weighted by molar-refractivity contribution is -0.124. The van der Waals surface area contributed by atoms with Crippen LogP contribution in [0.15, 0.2) is 55.0 Å². The zero-order chi connectivity index (χ0) is 20.5. The van der Waals surface area contributed by atoms with Crippen LogP contribution in [0.1, 0.15) is 11.7 Å².